The van der Waals surface area contributed by atoms with E-state index >= 15 is 0 Å². The van der Waals surface area contributed by atoms with E-state index < -0.39 is 6.04 Å². The summed E-state index contributed by atoms with van der Waals surface area (Å²) in [6.45, 7) is 0.657. The monoisotopic (exact) mass is 412 g/mol. The molecule has 138 valence electrons. The van der Waals surface area contributed by atoms with Crippen LogP contribution in [0.15, 0.2) is 28.6 Å². The van der Waals surface area contributed by atoms with Gasteiger partial charge >= 0.3 is 0 Å². The highest BCUT2D eigenvalue weighted by Gasteiger charge is 2.22. The number of rotatable bonds is 5. The van der Waals surface area contributed by atoms with Gasteiger partial charge in [0.25, 0.3) is 0 Å². The molecule has 0 aliphatic carbocycles. The van der Waals surface area contributed by atoms with E-state index in [1.165, 1.54) is 35.2 Å². The van der Waals surface area contributed by atoms with Crippen molar-refractivity contribution in [2.45, 2.75) is 29.6 Å². The molecule has 2 N–H and O–H groups in total. The number of nitrogens with one attached hydrogen (secondary N) is 2. The Labute approximate surface area is 163 Å². The number of amides is 2. The Morgan fingerprint density at radius 2 is 2.19 bits per heavy atom. The molecule has 2 aromatic rings. The van der Waals surface area contributed by atoms with Crippen LogP contribution in [0.1, 0.15) is 19.3 Å². The Balaban J connectivity index is 1.58. The first-order chi connectivity index (χ1) is 12.5. The second-order valence-electron chi connectivity index (χ2n) is 5.72. The van der Waals surface area contributed by atoms with Crippen LogP contribution in [-0.2, 0) is 9.59 Å². The van der Waals surface area contributed by atoms with E-state index in [0.717, 1.165) is 12.8 Å². The summed E-state index contributed by atoms with van der Waals surface area (Å²) >= 11 is 7.83. The summed E-state index contributed by atoms with van der Waals surface area (Å²) in [4.78, 5) is 24.0. The fraction of sp³-hybridized carbons (Fsp3) is 0.375. The van der Waals surface area contributed by atoms with Gasteiger partial charge < -0.3 is 10.6 Å². The predicted molar refractivity (Wildman–Crippen MR) is 102 cm³/mol. The van der Waals surface area contributed by atoms with Crippen molar-refractivity contribution in [3.63, 3.8) is 0 Å². The topological polar surface area (TPSA) is 76.0 Å². The van der Waals surface area contributed by atoms with Crippen molar-refractivity contribution in [2.75, 3.05) is 12.3 Å². The van der Waals surface area contributed by atoms with Gasteiger partial charge in [0.2, 0.25) is 11.8 Å². The van der Waals surface area contributed by atoms with E-state index in [-0.39, 0.29) is 23.4 Å². The Morgan fingerprint density at radius 3 is 2.96 bits per heavy atom. The first-order valence-electron chi connectivity index (χ1n) is 8.09. The van der Waals surface area contributed by atoms with Crippen LogP contribution in [-0.4, -0.2) is 39.9 Å². The Bertz CT molecular complexity index is 850. The van der Waals surface area contributed by atoms with E-state index in [4.69, 9.17) is 12.2 Å². The van der Waals surface area contributed by atoms with Crippen LogP contribution in [0, 0.1) is 9.77 Å². The molecule has 1 aliphatic heterocycles. The quantitative estimate of drug-likeness (QED) is 0.583. The van der Waals surface area contributed by atoms with E-state index in [1.54, 1.807) is 16.8 Å². The highest BCUT2D eigenvalue weighted by atomic mass is 32.2. The molecule has 0 spiro atoms. The summed E-state index contributed by atoms with van der Waals surface area (Å²) in [6.07, 6.45) is 2.48. The summed E-state index contributed by atoms with van der Waals surface area (Å²) in [6, 6.07) is 5.40. The zero-order chi connectivity index (χ0) is 18.5. The van der Waals surface area contributed by atoms with Crippen LogP contribution in [0.2, 0.25) is 0 Å². The number of carbonyl (C=O) groups is 2. The highest BCUT2D eigenvalue weighted by molar-refractivity contribution is 8.01. The number of hydrogen-bond acceptors (Lipinski definition) is 6. The number of hydrogen-bond donors (Lipinski definition) is 2. The largest absolute Gasteiger partial charge is 0.354 e. The van der Waals surface area contributed by atoms with Gasteiger partial charge in [-0.05, 0) is 55.7 Å². The van der Waals surface area contributed by atoms with Gasteiger partial charge in [0.1, 0.15) is 11.9 Å². The van der Waals surface area contributed by atoms with Crippen LogP contribution in [0.5, 0.6) is 0 Å². The van der Waals surface area contributed by atoms with Gasteiger partial charge in [0.15, 0.2) is 8.29 Å². The molecule has 2 amide bonds. The standard InChI is InChI=1S/C16H17FN4O2S3/c17-10-4-6-11(7-5-10)21-16(24)26-15(20-21)25-9-13(22)19-12-3-1-2-8-18-14(12)23/h4-7,12H,1-3,8-9H2,(H,18,23)(H,19,22)/t12-/m0/s1. The van der Waals surface area contributed by atoms with Gasteiger partial charge in [-0.2, -0.15) is 0 Å². The van der Waals surface area contributed by atoms with E-state index in [1.807, 2.05) is 0 Å². The number of aromatic nitrogens is 2. The van der Waals surface area contributed by atoms with Crippen LogP contribution in [0.25, 0.3) is 5.69 Å². The first kappa shape index (κ1) is 19.0. The van der Waals surface area contributed by atoms with Gasteiger partial charge in [-0.3, -0.25) is 9.59 Å². The molecule has 0 radical (unpaired) electrons. The summed E-state index contributed by atoms with van der Waals surface area (Å²) in [7, 11) is 0. The van der Waals surface area contributed by atoms with Gasteiger partial charge in [-0.1, -0.05) is 23.1 Å². The van der Waals surface area contributed by atoms with Crippen LogP contribution in [0.4, 0.5) is 4.39 Å². The molecule has 0 unspecified atom stereocenters. The molecular weight excluding hydrogens is 395 g/mol. The van der Waals surface area contributed by atoms with Crippen molar-refractivity contribution >= 4 is 47.1 Å². The molecule has 0 saturated carbocycles. The molecule has 10 heteroatoms. The van der Waals surface area contributed by atoms with E-state index in [0.29, 0.717) is 26.9 Å². The fourth-order valence-electron chi connectivity index (χ4n) is 2.50. The molecular formula is C16H17FN4O2S3. The maximum atomic E-state index is 13.0. The number of carbonyl (C=O) groups excluding carboxylic acids is 2. The Morgan fingerprint density at radius 1 is 1.42 bits per heavy atom. The number of halogens is 1. The molecule has 6 nitrogen and oxygen atoms in total. The number of benzene rings is 1. The minimum absolute atomic E-state index is 0.128. The van der Waals surface area contributed by atoms with Crippen LogP contribution in [0.3, 0.4) is 0 Å². The first-order valence-corrected chi connectivity index (χ1v) is 10.3. The summed E-state index contributed by atoms with van der Waals surface area (Å²) in [5.74, 6) is -0.525. The Hall–Kier alpha value is -1.78. The van der Waals surface area contributed by atoms with Crippen molar-refractivity contribution in [1.29, 1.82) is 0 Å². The second kappa shape index (κ2) is 8.74. The van der Waals surface area contributed by atoms with Gasteiger partial charge in [0.05, 0.1) is 11.4 Å². The van der Waals surface area contributed by atoms with E-state index in [9.17, 15) is 14.0 Å². The van der Waals surface area contributed by atoms with Crippen molar-refractivity contribution < 1.29 is 14.0 Å². The molecule has 1 aliphatic rings. The zero-order valence-corrected chi connectivity index (χ0v) is 16.2. The SMILES string of the molecule is O=C(CSc1nn(-c2ccc(F)cc2)c(=S)s1)N[C@H]1CCCCNC1=O. The molecule has 1 aromatic heterocycles. The average molecular weight is 413 g/mol. The third kappa shape index (κ3) is 4.89. The summed E-state index contributed by atoms with van der Waals surface area (Å²) in [5.41, 5.74) is 0.666. The molecule has 26 heavy (non-hydrogen) atoms. The van der Waals surface area contributed by atoms with Gasteiger partial charge in [0, 0.05) is 6.54 Å². The van der Waals surface area contributed by atoms with Crippen molar-refractivity contribution in [1.82, 2.24) is 20.4 Å². The van der Waals surface area contributed by atoms with Crippen LogP contribution < -0.4 is 10.6 Å². The third-order valence-corrected chi connectivity index (χ3v) is 6.16. The lowest BCUT2D eigenvalue weighted by molar-refractivity contribution is -0.127. The van der Waals surface area contributed by atoms with Crippen molar-refractivity contribution in [3.8, 4) is 5.69 Å². The van der Waals surface area contributed by atoms with Crippen LogP contribution >= 0.6 is 35.3 Å². The maximum Gasteiger partial charge on any atom is 0.242 e. The minimum Gasteiger partial charge on any atom is -0.354 e. The maximum absolute atomic E-state index is 13.0. The fourth-order valence-corrected chi connectivity index (χ4v) is 4.68. The number of thioether (sulfide) groups is 1. The normalized spacial score (nSPS) is 17.4. The number of nitrogens with zero attached hydrogens (tertiary/aromatic N) is 2. The molecule has 1 atom stereocenters. The summed E-state index contributed by atoms with van der Waals surface area (Å²) in [5, 5.41) is 9.93. The van der Waals surface area contributed by atoms with E-state index in [2.05, 4.69) is 15.7 Å². The lowest BCUT2D eigenvalue weighted by atomic mass is 10.1. The lowest BCUT2D eigenvalue weighted by Gasteiger charge is -2.14. The average Bonchev–Trinajstić information content (AvgIpc) is 2.87. The molecule has 2 heterocycles. The van der Waals surface area contributed by atoms with Gasteiger partial charge in [-0.25, -0.2) is 9.07 Å². The van der Waals surface area contributed by atoms with Gasteiger partial charge in [-0.15, -0.1) is 5.10 Å². The molecule has 1 fully saturated rings. The van der Waals surface area contributed by atoms with Crippen molar-refractivity contribution in [2.24, 2.45) is 0 Å². The molecule has 0 bridgehead atoms. The minimum atomic E-state index is -0.472. The lowest BCUT2D eigenvalue weighted by Crippen LogP contribution is -2.46. The summed E-state index contributed by atoms with van der Waals surface area (Å²) < 4.78 is 15.7. The molecule has 1 aromatic carbocycles. The molecule has 3 rings (SSSR count). The Kier molecular flexibility index (Phi) is 6.38. The highest BCUT2D eigenvalue weighted by Crippen LogP contribution is 2.24. The predicted octanol–water partition coefficient (Wildman–Crippen LogP) is 2.68. The zero-order valence-electron chi connectivity index (χ0n) is 13.7. The second-order valence-corrected chi connectivity index (χ2v) is 8.56. The third-order valence-electron chi connectivity index (χ3n) is 3.80. The smallest absolute Gasteiger partial charge is 0.242 e. The molecule has 1 saturated heterocycles. The van der Waals surface area contributed by atoms with Crippen molar-refractivity contribution in [3.05, 3.63) is 34.0 Å².